The Hall–Kier alpha value is -1.17. The molecule has 22 heavy (non-hydrogen) atoms. The van der Waals surface area contributed by atoms with Crippen molar-refractivity contribution >= 4 is 8.32 Å². The van der Waals surface area contributed by atoms with Crippen molar-refractivity contribution in [2.45, 2.75) is 45.6 Å². The zero-order chi connectivity index (χ0) is 16.2. The van der Waals surface area contributed by atoms with Crippen LogP contribution in [0, 0.1) is 5.82 Å². The summed E-state index contributed by atoms with van der Waals surface area (Å²) in [5.74, 6) is 0.0374. The van der Waals surface area contributed by atoms with Crippen LogP contribution >= 0.6 is 0 Å². The first-order valence-corrected chi connectivity index (χ1v) is 10.8. The van der Waals surface area contributed by atoms with Crippen molar-refractivity contribution in [1.29, 1.82) is 0 Å². The van der Waals surface area contributed by atoms with E-state index in [1.165, 1.54) is 0 Å². The van der Waals surface area contributed by atoms with E-state index in [1.807, 2.05) is 13.0 Å². The first-order chi connectivity index (χ1) is 10.4. The predicted octanol–water partition coefficient (Wildman–Crippen LogP) is 3.79. The number of hydrogen-bond donors (Lipinski definition) is 1. The molecule has 3 nitrogen and oxygen atoms in total. The normalized spacial score (nSPS) is 16.5. The van der Waals surface area contributed by atoms with Gasteiger partial charge in [-0.3, -0.25) is 0 Å². The molecule has 0 saturated carbocycles. The molecule has 1 aliphatic heterocycles. The summed E-state index contributed by atoms with van der Waals surface area (Å²) in [6.45, 7) is 12.2. The van der Waals surface area contributed by atoms with Gasteiger partial charge in [0.25, 0.3) is 0 Å². The first-order valence-electron chi connectivity index (χ1n) is 7.85. The maximum Gasteiger partial charge on any atom is 0.213 e. The van der Waals surface area contributed by atoms with E-state index < -0.39 is 8.32 Å². The molecule has 5 heteroatoms. The average Bonchev–Trinajstić information content (AvgIpc) is 2.49. The van der Waals surface area contributed by atoms with Gasteiger partial charge in [0, 0.05) is 5.56 Å². The minimum Gasteiger partial charge on any atom is -0.487 e. The minimum absolute atomic E-state index is 0.0909. The Morgan fingerprint density at radius 2 is 2.05 bits per heavy atom. The highest BCUT2D eigenvalue weighted by Gasteiger charge is 2.24. The van der Waals surface area contributed by atoms with Gasteiger partial charge in [-0.15, -0.1) is 6.58 Å². The van der Waals surface area contributed by atoms with E-state index in [2.05, 4.69) is 25.0 Å². The second-order valence-corrected chi connectivity index (χ2v) is 10.5. The summed E-state index contributed by atoms with van der Waals surface area (Å²) >= 11 is 0. The Morgan fingerprint density at radius 1 is 1.36 bits per heavy atom. The Bertz CT molecular complexity index is 527. The quantitative estimate of drug-likeness (QED) is 0.808. The highest BCUT2D eigenvalue weighted by molar-refractivity contribution is 6.78. The number of benzene rings is 1. The van der Waals surface area contributed by atoms with E-state index in [9.17, 15) is 4.39 Å². The molecule has 1 aliphatic rings. The third kappa shape index (κ3) is 4.41. The molecule has 1 N–H and O–H groups in total. The van der Waals surface area contributed by atoms with Crippen molar-refractivity contribution in [2.75, 3.05) is 13.1 Å². The van der Waals surface area contributed by atoms with Crippen LogP contribution in [0.4, 0.5) is 4.39 Å². The van der Waals surface area contributed by atoms with Crippen molar-refractivity contribution in [3.63, 3.8) is 0 Å². The minimum atomic E-state index is -1.96. The van der Waals surface area contributed by atoms with Crippen LogP contribution in [0.25, 0.3) is 0 Å². The van der Waals surface area contributed by atoms with Crippen LogP contribution in [0.5, 0.6) is 5.75 Å². The van der Waals surface area contributed by atoms with Gasteiger partial charge in [0.1, 0.15) is 6.10 Å². The van der Waals surface area contributed by atoms with Crippen LogP contribution in [0.15, 0.2) is 30.0 Å². The molecule has 122 valence electrons. The van der Waals surface area contributed by atoms with Crippen LogP contribution in [0.1, 0.15) is 25.3 Å². The molecule has 1 fully saturated rings. The number of ether oxygens (including phenoxy) is 1. The highest BCUT2D eigenvalue weighted by atomic mass is 28.4. The number of nitrogens with one attached hydrogen (secondary N) is 1. The van der Waals surface area contributed by atoms with Gasteiger partial charge in [0.05, 0.1) is 6.61 Å². The molecule has 0 aromatic heterocycles. The van der Waals surface area contributed by atoms with Crippen LogP contribution in [0.3, 0.4) is 0 Å². The smallest absolute Gasteiger partial charge is 0.213 e. The predicted molar refractivity (Wildman–Crippen MR) is 90.0 cm³/mol. The number of allylic oxidation sites excluding steroid dienone is 1. The fraction of sp³-hybridized carbons (Fsp3) is 0.529. The number of halogens is 1. The van der Waals surface area contributed by atoms with E-state index >= 15 is 0 Å². The van der Waals surface area contributed by atoms with Crippen molar-refractivity contribution in [1.82, 2.24) is 5.32 Å². The van der Waals surface area contributed by atoms with Gasteiger partial charge in [0.15, 0.2) is 11.6 Å². The number of rotatable bonds is 6. The zero-order valence-corrected chi connectivity index (χ0v) is 14.7. The molecule has 1 saturated heterocycles. The van der Waals surface area contributed by atoms with E-state index in [-0.39, 0.29) is 18.5 Å². The molecule has 0 amide bonds. The van der Waals surface area contributed by atoms with Crippen molar-refractivity contribution in [3.8, 4) is 5.75 Å². The molecule has 1 heterocycles. The number of piperidine rings is 1. The Kier molecular flexibility index (Phi) is 5.78. The third-order valence-electron chi connectivity index (χ3n) is 4.24. The van der Waals surface area contributed by atoms with Crippen molar-refractivity contribution in [2.24, 2.45) is 0 Å². The number of hydrogen-bond acceptors (Lipinski definition) is 3. The van der Waals surface area contributed by atoms with E-state index in [1.54, 1.807) is 12.1 Å². The summed E-state index contributed by atoms with van der Waals surface area (Å²) in [4.78, 5) is 0. The summed E-state index contributed by atoms with van der Waals surface area (Å²) < 4.78 is 26.3. The lowest BCUT2D eigenvalue weighted by Crippen LogP contribution is -2.34. The van der Waals surface area contributed by atoms with Crippen molar-refractivity contribution in [3.05, 3.63) is 41.4 Å². The largest absolute Gasteiger partial charge is 0.487 e. The molecule has 0 spiro atoms. The fourth-order valence-electron chi connectivity index (χ4n) is 2.23. The molecule has 0 atom stereocenters. The van der Waals surface area contributed by atoms with Crippen molar-refractivity contribution < 1.29 is 13.6 Å². The molecule has 0 radical (unpaired) electrons. The fourth-order valence-corrected chi connectivity index (χ4v) is 3.00. The molecule has 0 aliphatic carbocycles. The summed E-state index contributed by atoms with van der Waals surface area (Å²) in [6.07, 6.45) is 1.92. The summed E-state index contributed by atoms with van der Waals surface area (Å²) in [7, 11) is -1.96. The van der Waals surface area contributed by atoms with Gasteiger partial charge in [-0.05, 0) is 52.0 Å². The second kappa shape index (κ2) is 7.40. The monoisotopic (exact) mass is 323 g/mol. The molecule has 1 aromatic carbocycles. The zero-order valence-electron chi connectivity index (χ0n) is 13.7. The Balaban J connectivity index is 2.03. The van der Waals surface area contributed by atoms with Crippen LogP contribution < -0.4 is 10.1 Å². The van der Waals surface area contributed by atoms with Crippen LogP contribution in [-0.2, 0) is 11.0 Å². The standard InChI is InChI=1S/C17H26FNO2Si/c1-13(2)22(3,4)20-12-14-6-5-7-16(17(14)18)21-15-8-10-19-11-9-15/h5-7,15,19H,1,8-12H2,2-4H3. The molecular weight excluding hydrogens is 297 g/mol. The summed E-state index contributed by atoms with van der Waals surface area (Å²) in [5.41, 5.74) is 0.549. The summed E-state index contributed by atoms with van der Waals surface area (Å²) in [5, 5.41) is 4.33. The van der Waals surface area contributed by atoms with Gasteiger partial charge in [-0.25, -0.2) is 4.39 Å². The first kappa shape index (κ1) is 17.2. The summed E-state index contributed by atoms with van der Waals surface area (Å²) in [6, 6.07) is 5.28. The van der Waals surface area contributed by atoms with E-state index in [0.29, 0.717) is 11.3 Å². The second-order valence-electron chi connectivity index (χ2n) is 6.38. The van der Waals surface area contributed by atoms with Gasteiger partial charge >= 0.3 is 0 Å². The van der Waals surface area contributed by atoms with Crippen LogP contribution in [-0.4, -0.2) is 27.5 Å². The lowest BCUT2D eigenvalue weighted by atomic mass is 10.1. The van der Waals surface area contributed by atoms with Gasteiger partial charge < -0.3 is 14.5 Å². The highest BCUT2D eigenvalue weighted by Crippen LogP contribution is 2.25. The van der Waals surface area contributed by atoms with Gasteiger partial charge in [0.2, 0.25) is 8.32 Å². The van der Waals surface area contributed by atoms with Gasteiger partial charge in [-0.2, -0.15) is 0 Å². The van der Waals surface area contributed by atoms with E-state index in [0.717, 1.165) is 31.1 Å². The lowest BCUT2D eigenvalue weighted by molar-refractivity contribution is 0.155. The maximum absolute atomic E-state index is 14.6. The molecular formula is C17H26FNO2Si. The molecule has 0 unspecified atom stereocenters. The topological polar surface area (TPSA) is 30.5 Å². The Morgan fingerprint density at radius 3 is 2.68 bits per heavy atom. The molecule has 1 aromatic rings. The molecule has 2 rings (SSSR count). The SMILES string of the molecule is C=C(C)[Si](C)(C)OCc1cccc(OC2CCNCC2)c1F. The van der Waals surface area contributed by atoms with E-state index in [4.69, 9.17) is 9.16 Å². The van der Waals surface area contributed by atoms with Gasteiger partial charge in [-0.1, -0.05) is 17.3 Å². The molecule has 0 bridgehead atoms. The average molecular weight is 323 g/mol. The van der Waals surface area contributed by atoms with Crippen LogP contribution in [0.2, 0.25) is 13.1 Å². The lowest BCUT2D eigenvalue weighted by Gasteiger charge is -2.25. The third-order valence-corrected chi connectivity index (χ3v) is 7.16. The Labute approximate surface area is 133 Å². The maximum atomic E-state index is 14.6.